The van der Waals surface area contributed by atoms with Crippen molar-refractivity contribution in [1.29, 1.82) is 0 Å². The molecule has 0 saturated carbocycles. The number of carbonyl (C=O) groups excluding carboxylic acids is 2. The number of aromatic nitrogens is 1. The summed E-state index contributed by atoms with van der Waals surface area (Å²) in [6, 6.07) is -0.382. The molecule has 98 valence electrons. The molecular formula is C11H16N4O2S. The van der Waals surface area contributed by atoms with Gasteiger partial charge in [-0.25, -0.2) is 4.98 Å². The van der Waals surface area contributed by atoms with Gasteiger partial charge in [-0.05, 0) is 12.8 Å². The van der Waals surface area contributed by atoms with Gasteiger partial charge in [-0.1, -0.05) is 0 Å². The average Bonchev–Trinajstić information content (AvgIpc) is 2.99. The van der Waals surface area contributed by atoms with E-state index < -0.39 is 0 Å². The quantitative estimate of drug-likeness (QED) is 0.828. The minimum atomic E-state index is -0.382. The highest BCUT2D eigenvalue weighted by Crippen LogP contribution is 2.20. The molecule has 1 aromatic rings. The van der Waals surface area contributed by atoms with E-state index in [9.17, 15) is 9.59 Å². The van der Waals surface area contributed by atoms with Crippen LogP contribution < -0.4 is 11.1 Å². The maximum absolute atomic E-state index is 12.1. The van der Waals surface area contributed by atoms with Crippen molar-refractivity contribution in [3.63, 3.8) is 0 Å². The first-order chi connectivity index (χ1) is 8.72. The Morgan fingerprint density at radius 3 is 3.11 bits per heavy atom. The normalized spacial score (nSPS) is 18.9. The Labute approximate surface area is 109 Å². The van der Waals surface area contributed by atoms with E-state index in [0.717, 1.165) is 6.42 Å². The lowest BCUT2D eigenvalue weighted by atomic mass is 10.2. The first-order valence-electron chi connectivity index (χ1n) is 5.92. The van der Waals surface area contributed by atoms with Crippen LogP contribution in [-0.2, 0) is 9.59 Å². The molecule has 0 spiro atoms. The maximum Gasteiger partial charge on any atom is 0.248 e. The minimum absolute atomic E-state index is 0.0470. The SMILES string of the molecule is NCCC(=O)N1CCCC1C(=O)Nc1nccs1. The number of hydrogen-bond donors (Lipinski definition) is 2. The molecule has 1 fully saturated rings. The summed E-state index contributed by atoms with van der Waals surface area (Å²) in [7, 11) is 0. The molecule has 1 aliphatic rings. The molecule has 0 aromatic carbocycles. The fraction of sp³-hybridized carbons (Fsp3) is 0.545. The van der Waals surface area contributed by atoms with Crippen molar-refractivity contribution in [3.05, 3.63) is 11.6 Å². The molecular weight excluding hydrogens is 252 g/mol. The van der Waals surface area contributed by atoms with Crippen molar-refractivity contribution in [2.75, 3.05) is 18.4 Å². The van der Waals surface area contributed by atoms with Crippen LogP contribution in [0.4, 0.5) is 5.13 Å². The van der Waals surface area contributed by atoms with Gasteiger partial charge in [0.15, 0.2) is 5.13 Å². The highest BCUT2D eigenvalue weighted by molar-refractivity contribution is 7.13. The largest absolute Gasteiger partial charge is 0.331 e. The van der Waals surface area contributed by atoms with E-state index in [-0.39, 0.29) is 17.9 Å². The summed E-state index contributed by atoms with van der Waals surface area (Å²) < 4.78 is 0. The minimum Gasteiger partial charge on any atom is -0.331 e. The van der Waals surface area contributed by atoms with Gasteiger partial charge in [0.05, 0.1) is 0 Å². The van der Waals surface area contributed by atoms with Crippen LogP contribution in [0.3, 0.4) is 0 Å². The zero-order chi connectivity index (χ0) is 13.0. The predicted molar refractivity (Wildman–Crippen MR) is 69.2 cm³/mol. The topological polar surface area (TPSA) is 88.3 Å². The number of hydrogen-bond acceptors (Lipinski definition) is 5. The van der Waals surface area contributed by atoms with Crippen LogP contribution in [0.1, 0.15) is 19.3 Å². The molecule has 1 unspecified atom stereocenters. The summed E-state index contributed by atoms with van der Waals surface area (Å²) in [5.41, 5.74) is 5.37. The van der Waals surface area contributed by atoms with E-state index >= 15 is 0 Å². The average molecular weight is 268 g/mol. The lowest BCUT2D eigenvalue weighted by Gasteiger charge is -2.23. The highest BCUT2D eigenvalue weighted by atomic mass is 32.1. The van der Waals surface area contributed by atoms with Gasteiger partial charge < -0.3 is 16.0 Å². The molecule has 7 heteroatoms. The second-order valence-corrected chi connectivity index (χ2v) is 5.00. The molecule has 6 nitrogen and oxygen atoms in total. The summed E-state index contributed by atoms with van der Waals surface area (Å²) >= 11 is 1.36. The number of anilines is 1. The second-order valence-electron chi connectivity index (χ2n) is 4.11. The third-order valence-electron chi connectivity index (χ3n) is 2.90. The van der Waals surface area contributed by atoms with E-state index in [1.807, 2.05) is 0 Å². The third kappa shape index (κ3) is 2.85. The number of thiazole rings is 1. The van der Waals surface area contributed by atoms with Crippen LogP contribution in [-0.4, -0.2) is 40.8 Å². The van der Waals surface area contributed by atoms with Gasteiger partial charge in [0.2, 0.25) is 11.8 Å². The van der Waals surface area contributed by atoms with Gasteiger partial charge in [-0.15, -0.1) is 11.3 Å². The highest BCUT2D eigenvalue weighted by Gasteiger charge is 2.33. The van der Waals surface area contributed by atoms with Gasteiger partial charge in [0.25, 0.3) is 0 Å². The Morgan fingerprint density at radius 1 is 1.61 bits per heavy atom. The first-order valence-corrected chi connectivity index (χ1v) is 6.80. The van der Waals surface area contributed by atoms with Crippen molar-refractivity contribution in [2.45, 2.75) is 25.3 Å². The molecule has 2 amide bonds. The van der Waals surface area contributed by atoms with Gasteiger partial charge in [0.1, 0.15) is 6.04 Å². The zero-order valence-electron chi connectivity index (χ0n) is 9.96. The Kier molecular flexibility index (Phi) is 4.27. The van der Waals surface area contributed by atoms with E-state index in [2.05, 4.69) is 10.3 Å². The van der Waals surface area contributed by atoms with Crippen LogP contribution in [0.5, 0.6) is 0 Å². The van der Waals surface area contributed by atoms with E-state index in [1.165, 1.54) is 11.3 Å². The maximum atomic E-state index is 12.1. The number of carbonyl (C=O) groups is 2. The fourth-order valence-electron chi connectivity index (χ4n) is 2.08. The number of nitrogens with two attached hydrogens (primary N) is 1. The summed E-state index contributed by atoms with van der Waals surface area (Å²) in [6.07, 6.45) is 3.48. The molecule has 1 atom stereocenters. The summed E-state index contributed by atoms with van der Waals surface area (Å²) in [6.45, 7) is 0.949. The Hall–Kier alpha value is -1.47. The molecule has 1 saturated heterocycles. The molecule has 3 N–H and O–H groups in total. The van der Waals surface area contributed by atoms with E-state index in [1.54, 1.807) is 16.5 Å². The fourth-order valence-corrected chi connectivity index (χ4v) is 2.61. The molecule has 1 aliphatic heterocycles. The summed E-state index contributed by atoms with van der Waals surface area (Å²) in [5.74, 6) is -0.206. The second kappa shape index (κ2) is 5.92. The van der Waals surface area contributed by atoms with Crippen molar-refractivity contribution in [1.82, 2.24) is 9.88 Å². The monoisotopic (exact) mass is 268 g/mol. The molecule has 1 aromatic heterocycles. The number of rotatable bonds is 4. The first kappa shape index (κ1) is 13.0. The van der Waals surface area contributed by atoms with Crippen molar-refractivity contribution >= 4 is 28.3 Å². The van der Waals surface area contributed by atoms with Crippen LogP contribution >= 0.6 is 11.3 Å². The molecule has 18 heavy (non-hydrogen) atoms. The van der Waals surface area contributed by atoms with Gasteiger partial charge in [0, 0.05) is 31.1 Å². The van der Waals surface area contributed by atoms with Crippen LogP contribution in [0.15, 0.2) is 11.6 Å². The van der Waals surface area contributed by atoms with E-state index in [4.69, 9.17) is 5.73 Å². The Bertz CT molecular complexity index is 421. The van der Waals surface area contributed by atoms with Gasteiger partial charge >= 0.3 is 0 Å². The molecule has 2 rings (SSSR count). The summed E-state index contributed by atoms with van der Waals surface area (Å²) in [4.78, 5) is 29.5. The Morgan fingerprint density at radius 2 is 2.44 bits per heavy atom. The lowest BCUT2D eigenvalue weighted by molar-refractivity contribution is -0.136. The number of amides is 2. The standard InChI is InChI=1S/C11H16N4O2S/c12-4-3-9(16)15-6-1-2-8(15)10(17)14-11-13-5-7-18-11/h5,7-8H,1-4,6,12H2,(H,13,14,17). The Balaban J connectivity index is 1.98. The number of nitrogens with one attached hydrogen (secondary N) is 1. The zero-order valence-corrected chi connectivity index (χ0v) is 10.8. The molecule has 2 heterocycles. The van der Waals surface area contributed by atoms with Crippen molar-refractivity contribution in [2.24, 2.45) is 5.73 Å². The third-order valence-corrected chi connectivity index (χ3v) is 3.58. The predicted octanol–water partition coefficient (Wildman–Crippen LogP) is 0.421. The van der Waals surface area contributed by atoms with Crippen LogP contribution in [0.2, 0.25) is 0 Å². The van der Waals surface area contributed by atoms with Crippen molar-refractivity contribution in [3.8, 4) is 0 Å². The smallest absolute Gasteiger partial charge is 0.248 e. The van der Waals surface area contributed by atoms with Gasteiger partial charge in [-0.3, -0.25) is 9.59 Å². The molecule has 0 bridgehead atoms. The van der Waals surface area contributed by atoms with Gasteiger partial charge in [-0.2, -0.15) is 0 Å². The lowest BCUT2D eigenvalue weighted by Crippen LogP contribution is -2.43. The van der Waals surface area contributed by atoms with Crippen LogP contribution in [0, 0.1) is 0 Å². The number of likely N-dealkylation sites (tertiary alicyclic amines) is 1. The number of nitrogens with zero attached hydrogens (tertiary/aromatic N) is 2. The van der Waals surface area contributed by atoms with Crippen LogP contribution in [0.25, 0.3) is 0 Å². The molecule has 0 radical (unpaired) electrons. The van der Waals surface area contributed by atoms with E-state index in [0.29, 0.717) is 31.1 Å². The summed E-state index contributed by atoms with van der Waals surface area (Å²) in [5, 5.41) is 5.10. The molecule has 0 aliphatic carbocycles. The van der Waals surface area contributed by atoms with Crippen molar-refractivity contribution < 1.29 is 9.59 Å².